The van der Waals surface area contributed by atoms with Crippen LogP contribution in [0.3, 0.4) is 0 Å². The number of rotatable bonds is 7. The van der Waals surface area contributed by atoms with Crippen molar-refractivity contribution in [3.05, 3.63) is 83.1 Å². The molecule has 0 bridgehead atoms. The van der Waals surface area contributed by atoms with E-state index in [-0.39, 0.29) is 0 Å². The fraction of sp³-hybridized carbons (Fsp3) is 0.208. The predicted molar refractivity (Wildman–Crippen MR) is 126 cm³/mol. The summed E-state index contributed by atoms with van der Waals surface area (Å²) in [5.74, 6) is 0. The van der Waals surface area contributed by atoms with Crippen molar-refractivity contribution in [1.29, 1.82) is 0 Å². The molecule has 0 aliphatic rings. The molecule has 5 heteroatoms. The second kappa shape index (κ2) is 9.64. The van der Waals surface area contributed by atoms with Crippen LogP contribution in [0.5, 0.6) is 0 Å². The average Bonchev–Trinajstić information content (AvgIpc) is 3.05. The zero-order valence-electron chi connectivity index (χ0n) is 18.0. The van der Waals surface area contributed by atoms with Gasteiger partial charge in [0, 0.05) is 36.9 Å². The van der Waals surface area contributed by atoms with Gasteiger partial charge in [-0.25, -0.2) is 4.98 Å². The van der Waals surface area contributed by atoms with Crippen LogP contribution in [0.25, 0.3) is 12.7 Å². The topological polar surface area (TPSA) is 56.6 Å². The maximum atomic E-state index is 4.67. The van der Waals surface area contributed by atoms with Gasteiger partial charge in [-0.2, -0.15) is 0 Å². The van der Waals surface area contributed by atoms with Crippen molar-refractivity contribution < 1.29 is 0 Å². The monoisotopic (exact) mass is 387 g/mol. The smallest absolute Gasteiger partial charge is 0.0931 e. The Hall–Kier alpha value is -3.47. The highest BCUT2D eigenvalue weighted by molar-refractivity contribution is 6.05. The Bertz CT molecular complexity index is 1090. The third-order valence-corrected chi connectivity index (χ3v) is 4.36. The molecule has 0 saturated carbocycles. The zero-order chi connectivity index (χ0) is 21.6. The van der Waals surface area contributed by atoms with Crippen LogP contribution in [0.4, 0.5) is 5.69 Å². The molecule has 0 amide bonds. The molecule has 0 aliphatic carbocycles. The van der Waals surface area contributed by atoms with E-state index < -0.39 is 0 Å². The zero-order valence-corrected chi connectivity index (χ0v) is 18.0. The molecule has 1 N–H and O–H groups in total. The summed E-state index contributed by atoms with van der Waals surface area (Å²) in [6.07, 6.45) is 5.31. The molecule has 0 unspecified atom stereocenters. The molecule has 2 rings (SSSR count). The van der Waals surface area contributed by atoms with Crippen molar-refractivity contribution in [3.8, 4) is 0 Å². The summed E-state index contributed by atoms with van der Waals surface area (Å²) in [6.45, 7) is 17.8. The van der Waals surface area contributed by atoms with Crippen LogP contribution in [0.15, 0.2) is 76.8 Å². The van der Waals surface area contributed by atoms with E-state index in [4.69, 9.17) is 0 Å². The second-order valence-corrected chi connectivity index (χ2v) is 7.05. The summed E-state index contributed by atoms with van der Waals surface area (Å²) in [5.41, 5.74) is 6.16. The summed E-state index contributed by atoms with van der Waals surface area (Å²) >= 11 is 0. The number of aromatic amines is 1. The number of imidazole rings is 1. The highest BCUT2D eigenvalue weighted by atomic mass is 15.1. The summed E-state index contributed by atoms with van der Waals surface area (Å²) in [4.78, 5) is 18.4. The van der Waals surface area contributed by atoms with Crippen molar-refractivity contribution in [3.63, 3.8) is 0 Å². The number of aromatic nitrogens is 2. The third kappa shape index (κ3) is 6.28. The number of anilines is 1. The molecule has 0 spiro atoms. The average molecular weight is 388 g/mol. The number of nitrogens with one attached hydrogen (secondary N) is 1. The van der Waals surface area contributed by atoms with Crippen molar-refractivity contribution >= 4 is 29.8 Å². The Kier molecular flexibility index (Phi) is 7.26. The molecular weight excluding hydrogens is 358 g/mol. The maximum absolute atomic E-state index is 4.67. The number of allylic oxidation sites excluding steroid dienone is 3. The van der Waals surface area contributed by atoms with E-state index in [1.54, 1.807) is 6.33 Å². The largest absolute Gasteiger partial charge is 0.378 e. The van der Waals surface area contributed by atoms with Gasteiger partial charge in [0.2, 0.25) is 0 Å². The summed E-state index contributed by atoms with van der Waals surface area (Å²) in [7, 11) is 4.05. The highest BCUT2D eigenvalue weighted by Crippen LogP contribution is 2.14. The maximum Gasteiger partial charge on any atom is 0.0931 e. The van der Waals surface area contributed by atoms with Crippen LogP contribution in [-0.4, -0.2) is 35.5 Å². The number of H-pyrrole nitrogens is 1. The molecular formula is C24H29N5. The Labute approximate surface area is 172 Å². The SMILES string of the molecule is C=C(/C=C(\C)N=C(C)c1ccc(N(C)C)cc1)N=C(C)C(=C)/C=c1/nc[nH]c1=C. The van der Waals surface area contributed by atoms with Crippen LogP contribution in [0.1, 0.15) is 26.3 Å². The van der Waals surface area contributed by atoms with Crippen molar-refractivity contribution in [1.82, 2.24) is 9.97 Å². The van der Waals surface area contributed by atoms with Gasteiger partial charge < -0.3 is 9.88 Å². The van der Waals surface area contributed by atoms with Crippen molar-refractivity contribution in [2.24, 2.45) is 9.98 Å². The summed E-state index contributed by atoms with van der Waals surface area (Å²) < 4.78 is 0. The highest BCUT2D eigenvalue weighted by Gasteiger charge is 2.01. The molecule has 0 saturated heterocycles. The van der Waals surface area contributed by atoms with E-state index in [0.29, 0.717) is 5.70 Å². The van der Waals surface area contributed by atoms with Gasteiger partial charge in [0.25, 0.3) is 0 Å². The van der Waals surface area contributed by atoms with Gasteiger partial charge in [-0.05, 0) is 56.2 Å². The van der Waals surface area contributed by atoms with Gasteiger partial charge in [-0.1, -0.05) is 31.9 Å². The van der Waals surface area contributed by atoms with E-state index in [1.807, 2.05) is 47.0 Å². The molecule has 1 aromatic carbocycles. The van der Waals surface area contributed by atoms with Crippen molar-refractivity contribution in [2.45, 2.75) is 20.8 Å². The number of nitrogens with zero attached hydrogens (tertiary/aromatic N) is 4. The Morgan fingerprint density at radius 2 is 1.72 bits per heavy atom. The number of hydrogen-bond acceptors (Lipinski definition) is 4. The molecule has 1 heterocycles. The minimum Gasteiger partial charge on any atom is -0.378 e. The predicted octanol–water partition coefficient (Wildman–Crippen LogP) is 3.61. The normalized spacial score (nSPS) is 13.6. The minimum atomic E-state index is 0.617. The Balaban J connectivity index is 2.13. The van der Waals surface area contributed by atoms with Crippen molar-refractivity contribution in [2.75, 3.05) is 19.0 Å². The summed E-state index contributed by atoms with van der Waals surface area (Å²) in [6, 6.07) is 8.31. The van der Waals surface area contributed by atoms with Crippen LogP contribution in [0, 0.1) is 0 Å². The molecule has 29 heavy (non-hydrogen) atoms. The van der Waals surface area contributed by atoms with Gasteiger partial charge in [0.15, 0.2) is 0 Å². The van der Waals surface area contributed by atoms with Gasteiger partial charge in [-0.3, -0.25) is 9.98 Å². The first-order valence-corrected chi connectivity index (χ1v) is 9.32. The van der Waals surface area contributed by atoms with Gasteiger partial charge in [0.05, 0.1) is 22.7 Å². The molecule has 0 atom stereocenters. The Morgan fingerprint density at radius 3 is 2.28 bits per heavy atom. The lowest BCUT2D eigenvalue weighted by Crippen LogP contribution is -2.23. The van der Waals surface area contributed by atoms with Crippen LogP contribution < -0.4 is 15.6 Å². The number of benzene rings is 1. The van der Waals surface area contributed by atoms with Gasteiger partial charge >= 0.3 is 0 Å². The van der Waals surface area contributed by atoms with E-state index in [1.165, 1.54) is 0 Å². The van der Waals surface area contributed by atoms with Crippen LogP contribution in [0.2, 0.25) is 0 Å². The van der Waals surface area contributed by atoms with Gasteiger partial charge in [-0.15, -0.1) is 0 Å². The van der Waals surface area contributed by atoms with Gasteiger partial charge in [0.1, 0.15) is 0 Å². The molecule has 5 nitrogen and oxygen atoms in total. The molecule has 150 valence electrons. The van der Waals surface area contributed by atoms with Crippen LogP contribution >= 0.6 is 0 Å². The summed E-state index contributed by atoms with van der Waals surface area (Å²) in [5, 5.41) is 1.50. The quantitative estimate of drug-likeness (QED) is 0.583. The lowest BCUT2D eigenvalue weighted by Gasteiger charge is -2.12. The Morgan fingerprint density at radius 1 is 1.07 bits per heavy atom. The van der Waals surface area contributed by atoms with E-state index in [0.717, 1.165) is 44.6 Å². The fourth-order valence-electron chi connectivity index (χ4n) is 2.65. The minimum absolute atomic E-state index is 0.617. The second-order valence-electron chi connectivity index (χ2n) is 7.05. The molecule has 0 fully saturated rings. The first-order valence-electron chi connectivity index (χ1n) is 9.32. The fourth-order valence-corrected chi connectivity index (χ4v) is 2.65. The standard InChI is InChI=1S/C24H29N5/c1-16(13-24-21(6)25-15-26-24)19(4)27-17(2)14-18(3)28-20(5)22-9-11-23(12-10-22)29(7)8/h9-15H,1-2,6H2,3-5,7-8H3,(H,25,26)/b18-14+,24-13+,27-19?,28-20?. The third-order valence-electron chi connectivity index (χ3n) is 4.36. The molecule has 2 aromatic rings. The van der Waals surface area contributed by atoms with E-state index in [9.17, 15) is 0 Å². The molecule has 0 aliphatic heterocycles. The first kappa shape index (κ1) is 21.8. The van der Waals surface area contributed by atoms with E-state index in [2.05, 4.69) is 68.9 Å². The number of hydrogen-bond donors (Lipinski definition) is 1. The van der Waals surface area contributed by atoms with Crippen LogP contribution in [-0.2, 0) is 0 Å². The lowest BCUT2D eigenvalue weighted by atomic mass is 10.1. The van der Waals surface area contributed by atoms with E-state index >= 15 is 0 Å². The lowest BCUT2D eigenvalue weighted by molar-refractivity contribution is 1.13. The number of aliphatic imine (C=N–C) groups is 2. The molecule has 1 aromatic heterocycles. The molecule has 0 radical (unpaired) electrons. The first-order chi connectivity index (χ1) is 13.7.